The van der Waals surface area contributed by atoms with Crippen molar-refractivity contribution in [2.24, 2.45) is 0 Å². The summed E-state index contributed by atoms with van der Waals surface area (Å²) < 4.78 is 27.1. The average molecular weight is 344 g/mol. The number of halogens is 2. The van der Waals surface area contributed by atoms with Crippen molar-refractivity contribution in [3.63, 3.8) is 0 Å². The minimum atomic E-state index is -3.69. The molecule has 0 atom stereocenters. The maximum Gasteiger partial charge on any atom is 0.245 e. The van der Waals surface area contributed by atoms with E-state index in [1.807, 2.05) is 0 Å². The smallest absolute Gasteiger partial charge is 0.245 e. The Bertz CT molecular complexity index is 538. The monoisotopic (exact) mass is 343 g/mol. The first-order valence-corrected chi connectivity index (χ1v) is 9.05. The van der Waals surface area contributed by atoms with Crippen LogP contribution < -0.4 is 0 Å². The second kappa shape index (κ2) is 6.28. The highest BCUT2D eigenvalue weighted by Crippen LogP contribution is 2.37. The van der Waals surface area contributed by atoms with Crippen LogP contribution in [0.3, 0.4) is 0 Å². The van der Waals surface area contributed by atoms with Gasteiger partial charge in [-0.25, -0.2) is 8.42 Å². The summed E-state index contributed by atoms with van der Waals surface area (Å²) in [6.07, 6.45) is 3.68. The van der Waals surface area contributed by atoms with Crippen LogP contribution in [0.2, 0.25) is 8.67 Å². The molecule has 0 unspecified atom stereocenters. The lowest BCUT2D eigenvalue weighted by Gasteiger charge is -2.27. The highest BCUT2D eigenvalue weighted by Gasteiger charge is 2.34. The van der Waals surface area contributed by atoms with Gasteiger partial charge in [-0.2, -0.15) is 4.31 Å². The van der Waals surface area contributed by atoms with Crippen molar-refractivity contribution in [3.8, 4) is 0 Å². The van der Waals surface area contributed by atoms with E-state index in [4.69, 9.17) is 28.3 Å². The van der Waals surface area contributed by atoms with Gasteiger partial charge in [0.05, 0.1) is 10.9 Å². The standard InChI is InChI=1S/C11H15Cl2NO3S2/c12-10-7-9(11(13)18-10)19(16,17)14(5-6-15)8-3-1-2-4-8/h7-8,15H,1-6H2. The Hall–Kier alpha value is 0.150. The zero-order valence-electron chi connectivity index (χ0n) is 10.2. The van der Waals surface area contributed by atoms with Crippen LogP contribution in [0.15, 0.2) is 11.0 Å². The first kappa shape index (κ1) is 15.5. The molecule has 1 N–H and O–H groups in total. The van der Waals surface area contributed by atoms with Crippen LogP contribution in [-0.2, 0) is 10.0 Å². The van der Waals surface area contributed by atoms with E-state index in [2.05, 4.69) is 0 Å². The minimum absolute atomic E-state index is 0.0458. The summed E-state index contributed by atoms with van der Waals surface area (Å²) in [6, 6.07) is 1.33. The maximum absolute atomic E-state index is 12.6. The van der Waals surface area contributed by atoms with Gasteiger partial charge in [0.15, 0.2) is 0 Å². The van der Waals surface area contributed by atoms with E-state index in [0.717, 1.165) is 37.0 Å². The Morgan fingerprint density at radius 1 is 1.37 bits per heavy atom. The van der Waals surface area contributed by atoms with Crippen molar-refractivity contribution in [2.45, 2.75) is 36.6 Å². The largest absolute Gasteiger partial charge is 0.395 e. The predicted octanol–water partition coefficient (Wildman–Crippen LogP) is 2.98. The molecule has 19 heavy (non-hydrogen) atoms. The van der Waals surface area contributed by atoms with E-state index >= 15 is 0 Å². The molecule has 1 aromatic rings. The molecule has 0 spiro atoms. The Morgan fingerprint density at radius 3 is 2.47 bits per heavy atom. The molecule has 1 saturated carbocycles. The fourth-order valence-corrected chi connectivity index (χ4v) is 6.21. The van der Waals surface area contributed by atoms with Gasteiger partial charge in [0, 0.05) is 12.6 Å². The summed E-state index contributed by atoms with van der Waals surface area (Å²) in [6.45, 7) is -0.109. The number of sulfonamides is 1. The molecule has 0 bridgehead atoms. The summed E-state index contributed by atoms with van der Waals surface area (Å²) >= 11 is 12.8. The van der Waals surface area contributed by atoms with Crippen molar-refractivity contribution >= 4 is 44.6 Å². The summed E-state index contributed by atoms with van der Waals surface area (Å²) in [5.41, 5.74) is 0. The first-order valence-electron chi connectivity index (χ1n) is 6.04. The normalized spacial score (nSPS) is 17.5. The molecule has 1 fully saturated rings. The Balaban J connectivity index is 2.36. The third-order valence-corrected chi connectivity index (χ3v) is 6.97. The van der Waals surface area contributed by atoms with Crippen molar-refractivity contribution < 1.29 is 13.5 Å². The van der Waals surface area contributed by atoms with Gasteiger partial charge in [-0.15, -0.1) is 11.3 Å². The summed E-state index contributed by atoms with van der Waals surface area (Å²) in [7, 11) is -3.69. The summed E-state index contributed by atoms with van der Waals surface area (Å²) in [5.74, 6) is 0. The molecule has 0 amide bonds. The highest BCUT2D eigenvalue weighted by atomic mass is 35.5. The SMILES string of the molecule is O=S(=O)(c1cc(Cl)sc1Cl)N(CCO)C1CCCC1. The van der Waals surface area contributed by atoms with Crippen molar-refractivity contribution in [1.29, 1.82) is 0 Å². The van der Waals surface area contributed by atoms with Gasteiger partial charge in [0.1, 0.15) is 9.23 Å². The van der Waals surface area contributed by atoms with Crippen molar-refractivity contribution in [1.82, 2.24) is 4.31 Å². The lowest BCUT2D eigenvalue weighted by molar-refractivity contribution is 0.226. The first-order chi connectivity index (χ1) is 8.96. The Morgan fingerprint density at radius 2 is 2.00 bits per heavy atom. The number of rotatable bonds is 5. The van der Waals surface area contributed by atoms with E-state index in [1.54, 1.807) is 0 Å². The summed E-state index contributed by atoms with van der Waals surface area (Å²) in [5, 5.41) is 9.12. The fraction of sp³-hybridized carbons (Fsp3) is 0.636. The second-order valence-corrected chi connectivity index (χ2v) is 8.61. The number of hydrogen-bond acceptors (Lipinski definition) is 4. The molecule has 0 radical (unpaired) electrons. The van der Waals surface area contributed by atoms with Crippen LogP contribution in [0.5, 0.6) is 0 Å². The zero-order chi connectivity index (χ0) is 14.0. The van der Waals surface area contributed by atoms with Gasteiger partial charge in [-0.05, 0) is 18.9 Å². The summed E-state index contributed by atoms with van der Waals surface area (Å²) in [4.78, 5) is 0.0458. The average Bonchev–Trinajstić information content (AvgIpc) is 2.95. The molecule has 0 saturated heterocycles. The molecule has 0 aromatic carbocycles. The molecule has 1 heterocycles. The maximum atomic E-state index is 12.6. The number of hydrogen-bond donors (Lipinski definition) is 1. The number of thiophene rings is 1. The van der Waals surface area contributed by atoms with Crippen LogP contribution in [0, 0.1) is 0 Å². The third kappa shape index (κ3) is 3.25. The van der Waals surface area contributed by atoms with Gasteiger partial charge >= 0.3 is 0 Å². The molecule has 1 aromatic heterocycles. The molecule has 1 aliphatic carbocycles. The van der Waals surface area contributed by atoms with Gasteiger partial charge < -0.3 is 5.11 Å². The molecular formula is C11H15Cl2NO3S2. The second-order valence-electron chi connectivity index (χ2n) is 4.47. The number of nitrogens with zero attached hydrogens (tertiary/aromatic N) is 1. The molecule has 4 nitrogen and oxygen atoms in total. The highest BCUT2D eigenvalue weighted by molar-refractivity contribution is 7.89. The van der Waals surface area contributed by atoms with E-state index < -0.39 is 10.0 Å². The van der Waals surface area contributed by atoms with E-state index in [0.29, 0.717) is 4.34 Å². The van der Waals surface area contributed by atoms with E-state index in [1.165, 1.54) is 10.4 Å². The van der Waals surface area contributed by atoms with Gasteiger partial charge in [-0.1, -0.05) is 36.0 Å². The molecule has 108 valence electrons. The van der Waals surface area contributed by atoms with Gasteiger partial charge in [-0.3, -0.25) is 0 Å². The van der Waals surface area contributed by atoms with Crippen LogP contribution in [0.4, 0.5) is 0 Å². The Kier molecular flexibility index (Phi) is 5.14. The number of aliphatic hydroxyl groups excluding tert-OH is 1. The van der Waals surface area contributed by atoms with Crippen molar-refractivity contribution in [2.75, 3.05) is 13.2 Å². The molecule has 8 heteroatoms. The van der Waals surface area contributed by atoms with Crippen LogP contribution in [0.25, 0.3) is 0 Å². The van der Waals surface area contributed by atoms with Crippen LogP contribution >= 0.6 is 34.5 Å². The minimum Gasteiger partial charge on any atom is -0.395 e. The Labute approximate surface area is 127 Å². The lowest BCUT2D eigenvalue weighted by Crippen LogP contribution is -2.40. The van der Waals surface area contributed by atoms with Crippen LogP contribution in [-0.4, -0.2) is 37.0 Å². The van der Waals surface area contributed by atoms with E-state index in [-0.39, 0.29) is 28.4 Å². The number of aliphatic hydroxyl groups is 1. The zero-order valence-corrected chi connectivity index (χ0v) is 13.3. The third-order valence-electron chi connectivity index (χ3n) is 3.26. The fourth-order valence-electron chi connectivity index (χ4n) is 2.42. The van der Waals surface area contributed by atoms with Crippen LogP contribution in [0.1, 0.15) is 25.7 Å². The van der Waals surface area contributed by atoms with E-state index in [9.17, 15) is 8.42 Å². The molecule has 0 aliphatic heterocycles. The van der Waals surface area contributed by atoms with Crippen molar-refractivity contribution in [3.05, 3.63) is 14.7 Å². The van der Waals surface area contributed by atoms with Gasteiger partial charge in [0.25, 0.3) is 0 Å². The van der Waals surface area contributed by atoms with Gasteiger partial charge in [0.2, 0.25) is 10.0 Å². The molecule has 1 aliphatic rings. The quantitative estimate of drug-likeness (QED) is 0.893. The molecular weight excluding hydrogens is 329 g/mol. The predicted molar refractivity (Wildman–Crippen MR) is 77.6 cm³/mol. The lowest BCUT2D eigenvalue weighted by atomic mass is 10.2. The molecule has 2 rings (SSSR count). The topological polar surface area (TPSA) is 57.6 Å².